The summed E-state index contributed by atoms with van der Waals surface area (Å²) in [6.45, 7) is 5.25. The van der Waals surface area contributed by atoms with E-state index in [-0.39, 0.29) is 0 Å². The summed E-state index contributed by atoms with van der Waals surface area (Å²) in [5.41, 5.74) is 13.3. The number of rotatable bonds is 5. The highest BCUT2D eigenvalue weighted by Gasteiger charge is 2.17. The monoisotopic (exact) mass is 730 g/mol. The molecule has 0 unspecified atom stereocenters. The molecule has 4 nitrogen and oxygen atoms in total. The minimum Gasteiger partial charge on any atom is -0.309 e. The summed E-state index contributed by atoms with van der Waals surface area (Å²) >= 11 is 0. The second-order valence-corrected chi connectivity index (χ2v) is 14.2. The lowest BCUT2D eigenvalue weighted by Gasteiger charge is -2.12. The molecule has 3 heterocycles. The molecule has 11 rings (SSSR count). The summed E-state index contributed by atoms with van der Waals surface area (Å²) in [5, 5.41) is 6.00. The van der Waals surface area contributed by atoms with Crippen LogP contribution in [0.15, 0.2) is 207 Å². The van der Waals surface area contributed by atoms with Gasteiger partial charge in [0.25, 0.3) is 0 Å². The number of aromatic nitrogens is 4. The third kappa shape index (κ3) is 5.87. The topological polar surface area (TPSA) is 35.6 Å². The quantitative estimate of drug-likeness (QED) is 0.165. The van der Waals surface area contributed by atoms with E-state index in [1.807, 2.05) is 25.1 Å². The Morgan fingerprint density at radius 1 is 0.386 bits per heavy atom. The van der Waals surface area contributed by atoms with E-state index in [9.17, 15) is 0 Å². The Morgan fingerprint density at radius 3 is 1.60 bits per heavy atom. The highest BCUT2D eigenvalue weighted by Crippen LogP contribution is 2.38. The Labute approximate surface area is 331 Å². The zero-order valence-electron chi connectivity index (χ0n) is 31.5. The van der Waals surface area contributed by atoms with Crippen LogP contribution in [0.3, 0.4) is 0 Å². The molecule has 0 saturated heterocycles. The van der Waals surface area contributed by atoms with Crippen LogP contribution in [0.4, 0.5) is 0 Å². The SMILES string of the molecule is C=CC.c1ccc(-c2nc(-c3ccc(-n4c5ccccc5c5ccc(-c6ccc7c(c6)c6ccccc6n7-c6ccccc6)cc54)cc3)nc3ccccc23)cc1. The summed E-state index contributed by atoms with van der Waals surface area (Å²) in [6.07, 6.45) is 1.75. The molecule has 57 heavy (non-hydrogen) atoms. The molecule has 0 bridgehead atoms. The van der Waals surface area contributed by atoms with Gasteiger partial charge < -0.3 is 9.13 Å². The van der Waals surface area contributed by atoms with Crippen LogP contribution < -0.4 is 0 Å². The zero-order valence-corrected chi connectivity index (χ0v) is 31.5. The fraction of sp³-hybridized carbons (Fsp3) is 0.0189. The van der Waals surface area contributed by atoms with E-state index in [1.54, 1.807) is 6.08 Å². The summed E-state index contributed by atoms with van der Waals surface area (Å²) in [4.78, 5) is 10.1. The van der Waals surface area contributed by atoms with E-state index in [1.165, 1.54) is 54.7 Å². The van der Waals surface area contributed by atoms with E-state index >= 15 is 0 Å². The van der Waals surface area contributed by atoms with Crippen molar-refractivity contribution in [1.29, 1.82) is 0 Å². The Bertz CT molecular complexity index is 3250. The van der Waals surface area contributed by atoms with Crippen molar-refractivity contribution in [3.05, 3.63) is 207 Å². The van der Waals surface area contributed by atoms with Gasteiger partial charge in [0, 0.05) is 49.4 Å². The molecule has 4 heteroatoms. The van der Waals surface area contributed by atoms with Crippen LogP contribution in [0, 0.1) is 0 Å². The van der Waals surface area contributed by atoms with Crippen LogP contribution in [0.5, 0.6) is 0 Å². The maximum absolute atomic E-state index is 5.12. The molecule has 0 N–H and O–H groups in total. The standard InChI is InChI=1S/C50H32N4.C3H6/c1-3-13-33(14-4-1)49-42-19-7-10-20-44(42)51-50(52-49)34-23-27-38(28-24-34)54-45-21-11-8-17-39(45)41-29-25-36(32-48(41)54)35-26-30-47-43(31-35)40-18-9-12-22-46(40)53(47)37-15-5-2-6-16-37;1-3-2/h1-32H;3H,1H2,2H3. The second-order valence-electron chi connectivity index (χ2n) is 14.2. The maximum Gasteiger partial charge on any atom is 0.160 e. The Balaban J connectivity index is 0.00000128. The van der Waals surface area contributed by atoms with Gasteiger partial charge in [0.2, 0.25) is 0 Å². The lowest BCUT2D eigenvalue weighted by Crippen LogP contribution is -1.97. The number of benzene rings is 8. The average Bonchev–Trinajstić information content (AvgIpc) is 3.79. The molecule has 0 aliphatic rings. The normalized spacial score (nSPS) is 11.3. The van der Waals surface area contributed by atoms with Gasteiger partial charge in [-0.3, -0.25) is 0 Å². The smallest absolute Gasteiger partial charge is 0.160 e. The van der Waals surface area contributed by atoms with Gasteiger partial charge in [-0.05, 0) is 90.8 Å². The lowest BCUT2D eigenvalue weighted by molar-refractivity contribution is 1.17. The average molecular weight is 731 g/mol. The van der Waals surface area contributed by atoms with Gasteiger partial charge in [0.15, 0.2) is 5.82 Å². The van der Waals surface area contributed by atoms with Crippen molar-refractivity contribution in [2.45, 2.75) is 6.92 Å². The minimum absolute atomic E-state index is 0.715. The van der Waals surface area contributed by atoms with Crippen molar-refractivity contribution >= 4 is 54.5 Å². The fourth-order valence-corrected chi connectivity index (χ4v) is 8.22. The molecular formula is C53H38N4. The number of hydrogen-bond acceptors (Lipinski definition) is 2. The van der Waals surface area contributed by atoms with Gasteiger partial charge in [0.1, 0.15) is 0 Å². The maximum atomic E-state index is 5.12. The largest absolute Gasteiger partial charge is 0.309 e. The molecule has 0 amide bonds. The molecule has 0 radical (unpaired) electrons. The number of allylic oxidation sites excluding steroid dienone is 1. The number of hydrogen-bond donors (Lipinski definition) is 0. The van der Waals surface area contributed by atoms with Crippen molar-refractivity contribution < 1.29 is 0 Å². The molecular weight excluding hydrogens is 693 g/mol. The summed E-state index contributed by atoms with van der Waals surface area (Å²) in [6, 6.07) is 69.1. The number of fused-ring (bicyclic) bond motifs is 7. The van der Waals surface area contributed by atoms with Gasteiger partial charge in [-0.2, -0.15) is 0 Å². The fourth-order valence-electron chi connectivity index (χ4n) is 8.22. The van der Waals surface area contributed by atoms with E-state index in [0.29, 0.717) is 5.82 Å². The lowest BCUT2D eigenvalue weighted by atomic mass is 10.0. The molecule has 0 aliphatic carbocycles. The predicted molar refractivity (Wildman–Crippen MR) is 240 cm³/mol. The van der Waals surface area contributed by atoms with Crippen LogP contribution >= 0.6 is 0 Å². The summed E-state index contributed by atoms with van der Waals surface area (Å²) in [7, 11) is 0. The third-order valence-corrected chi connectivity index (χ3v) is 10.7. The van der Waals surface area contributed by atoms with E-state index in [4.69, 9.17) is 9.97 Å². The number of nitrogens with zero attached hydrogens (tertiary/aromatic N) is 4. The van der Waals surface area contributed by atoms with Crippen LogP contribution in [-0.4, -0.2) is 19.1 Å². The van der Waals surface area contributed by atoms with Crippen LogP contribution in [0.2, 0.25) is 0 Å². The molecule has 3 aromatic heterocycles. The van der Waals surface area contributed by atoms with Gasteiger partial charge in [-0.15, -0.1) is 6.58 Å². The molecule has 0 saturated carbocycles. The molecule has 0 aliphatic heterocycles. The predicted octanol–water partition coefficient (Wildman–Crippen LogP) is 14.0. The Kier molecular flexibility index (Phi) is 8.50. The highest BCUT2D eigenvalue weighted by molar-refractivity contribution is 6.12. The van der Waals surface area contributed by atoms with E-state index < -0.39 is 0 Å². The molecule has 0 spiro atoms. The van der Waals surface area contributed by atoms with Crippen LogP contribution in [-0.2, 0) is 0 Å². The first-order chi connectivity index (χ1) is 28.2. The van der Waals surface area contributed by atoms with Gasteiger partial charge in [-0.25, -0.2) is 9.97 Å². The zero-order chi connectivity index (χ0) is 38.3. The van der Waals surface area contributed by atoms with E-state index in [0.717, 1.165) is 39.1 Å². The van der Waals surface area contributed by atoms with Gasteiger partial charge in [0.05, 0.1) is 33.3 Å². The molecule has 11 aromatic rings. The molecule has 0 atom stereocenters. The highest BCUT2D eigenvalue weighted by atomic mass is 15.0. The van der Waals surface area contributed by atoms with Crippen molar-refractivity contribution in [2.24, 2.45) is 0 Å². The van der Waals surface area contributed by atoms with E-state index in [2.05, 4.69) is 192 Å². The van der Waals surface area contributed by atoms with Gasteiger partial charge in [-0.1, -0.05) is 127 Å². The first-order valence-electron chi connectivity index (χ1n) is 19.3. The molecule has 270 valence electrons. The first-order valence-corrected chi connectivity index (χ1v) is 19.3. The summed E-state index contributed by atoms with van der Waals surface area (Å²) < 4.78 is 4.75. The van der Waals surface area contributed by atoms with Gasteiger partial charge >= 0.3 is 0 Å². The van der Waals surface area contributed by atoms with Crippen LogP contribution in [0.25, 0.3) is 99.7 Å². The minimum atomic E-state index is 0.715. The van der Waals surface area contributed by atoms with Crippen molar-refractivity contribution in [3.63, 3.8) is 0 Å². The molecule has 0 fully saturated rings. The third-order valence-electron chi connectivity index (χ3n) is 10.7. The van der Waals surface area contributed by atoms with Crippen molar-refractivity contribution in [3.8, 4) is 45.1 Å². The first kappa shape index (κ1) is 34.0. The van der Waals surface area contributed by atoms with Crippen molar-refractivity contribution in [2.75, 3.05) is 0 Å². The molecule has 8 aromatic carbocycles. The Hall–Kier alpha value is -7.56. The Morgan fingerprint density at radius 2 is 0.877 bits per heavy atom. The second kappa shape index (κ2) is 14.3. The number of para-hydroxylation sites is 4. The summed E-state index contributed by atoms with van der Waals surface area (Å²) in [5.74, 6) is 0.715. The van der Waals surface area contributed by atoms with Crippen molar-refractivity contribution in [1.82, 2.24) is 19.1 Å². The van der Waals surface area contributed by atoms with Crippen LogP contribution in [0.1, 0.15) is 6.92 Å².